The van der Waals surface area contributed by atoms with E-state index in [0.717, 1.165) is 29.9 Å². The lowest BCUT2D eigenvalue weighted by atomic mass is 10.1. The van der Waals surface area contributed by atoms with Gasteiger partial charge in [0, 0.05) is 28.5 Å². The van der Waals surface area contributed by atoms with Crippen molar-refractivity contribution >= 4 is 28.9 Å². The molecule has 0 radical (unpaired) electrons. The van der Waals surface area contributed by atoms with Crippen molar-refractivity contribution in [2.45, 2.75) is 6.42 Å². The summed E-state index contributed by atoms with van der Waals surface area (Å²) in [6.07, 6.45) is 1.02. The number of halogens is 1. The van der Waals surface area contributed by atoms with E-state index in [1.54, 1.807) is 24.3 Å². The predicted octanol–water partition coefficient (Wildman–Crippen LogP) is 4.82. The summed E-state index contributed by atoms with van der Waals surface area (Å²) in [4.78, 5) is 12.4. The molecule has 3 aromatic rings. The summed E-state index contributed by atoms with van der Waals surface area (Å²) in [6.45, 7) is 0.940. The largest absolute Gasteiger partial charge is 0.451 e. The molecule has 1 aromatic heterocycles. The highest BCUT2D eigenvalue weighted by Crippen LogP contribution is 2.27. The third-order valence-corrected chi connectivity index (χ3v) is 4.29. The van der Waals surface area contributed by atoms with Crippen molar-refractivity contribution in [3.63, 3.8) is 0 Å². The first-order valence-corrected chi connectivity index (χ1v) is 8.11. The van der Waals surface area contributed by atoms with E-state index in [9.17, 15) is 4.79 Å². The molecule has 0 aliphatic carbocycles. The highest BCUT2D eigenvalue weighted by molar-refractivity contribution is 6.30. The van der Waals surface area contributed by atoms with Gasteiger partial charge in [0.2, 0.25) is 0 Å². The van der Waals surface area contributed by atoms with Gasteiger partial charge in [0.25, 0.3) is 5.91 Å². The third-order valence-electron chi connectivity index (χ3n) is 4.04. The first-order chi connectivity index (χ1) is 11.7. The number of furan rings is 1. The lowest BCUT2D eigenvalue weighted by molar-refractivity contribution is 0.0997. The monoisotopic (exact) mass is 338 g/mol. The summed E-state index contributed by atoms with van der Waals surface area (Å²) >= 11 is 5.89. The van der Waals surface area contributed by atoms with Crippen LogP contribution < -0.4 is 10.6 Å². The van der Waals surface area contributed by atoms with E-state index >= 15 is 0 Å². The van der Waals surface area contributed by atoms with Crippen molar-refractivity contribution in [3.05, 3.63) is 70.9 Å². The molecule has 0 spiro atoms. The van der Waals surface area contributed by atoms with Crippen molar-refractivity contribution in [2.24, 2.45) is 0 Å². The van der Waals surface area contributed by atoms with Gasteiger partial charge >= 0.3 is 0 Å². The Hall–Kier alpha value is -2.72. The maximum atomic E-state index is 12.4. The minimum absolute atomic E-state index is 0.270. The van der Waals surface area contributed by atoms with Crippen LogP contribution in [-0.2, 0) is 6.42 Å². The number of hydrogen-bond acceptors (Lipinski definition) is 3. The second-order valence-corrected chi connectivity index (χ2v) is 6.11. The number of carbonyl (C=O) groups is 1. The number of carbonyl (C=O) groups excluding carboxylic acids is 1. The Labute approximate surface area is 144 Å². The quantitative estimate of drug-likeness (QED) is 0.719. The Morgan fingerprint density at radius 2 is 1.92 bits per heavy atom. The van der Waals surface area contributed by atoms with Crippen molar-refractivity contribution in [2.75, 3.05) is 17.2 Å². The lowest BCUT2D eigenvalue weighted by Crippen LogP contribution is -2.10. The lowest BCUT2D eigenvalue weighted by Gasteiger charge is -2.06. The molecule has 1 aliphatic heterocycles. The summed E-state index contributed by atoms with van der Waals surface area (Å²) < 4.78 is 5.67. The molecule has 24 heavy (non-hydrogen) atoms. The van der Waals surface area contributed by atoms with Gasteiger partial charge < -0.3 is 15.1 Å². The maximum Gasteiger partial charge on any atom is 0.291 e. The topological polar surface area (TPSA) is 54.3 Å². The molecule has 0 bridgehead atoms. The van der Waals surface area contributed by atoms with E-state index in [4.69, 9.17) is 16.0 Å². The molecule has 0 saturated heterocycles. The minimum atomic E-state index is -0.270. The number of benzene rings is 2. The fourth-order valence-electron chi connectivity index (χ4n) is 2.79. The zero-order chi connectivity index (χ0) is 16.5. The van der Waals surface area contributed by atoms with Crippen LogP contribution in [0.3, 0.4) is 0 Å². The van der Waals surface area contributed by atoms with Crippen LogP contribution in [0, 0.1) is 0 Å². The zero-order valence-electron chi connectivity index (χ0n) is 12.8. The molecular formula is C19H15ClN2O2. The Morgan fingerprint density at radius 1 is 1.08 bits per heavy atom. The van der Waals surface area contributed by atoms with Gasteiger partial charge in [-0.25, -0.2) is 0 Å². The van der Waals surface area contributed by atoms with Crippen LogP contribution in [0.2, 0.25) is 5.02 Å². The summed E-state index contributed by atoms with van der Waals surface area (Å²) in [5.74, 6) is 0.633. The second kappa shape index (κ2) is 6.06. The summed E-state index contributed by atoms with van der Waals surface area (Å²) in [7, 11) is 0. The molecule has 4 nitrogen and oxygen atoms in total. The van der Waals surface area contributed by atoms with E-state index in [0.29, 0.717) is 10.8 Å². The smallest absolute Gasteiger partial charge is 0.291 e. The van der Waals surface area contributed by atoms with Crippen LogP contribution in [0.15, 0.2) is 59.0 Å². The maximum absolute atomic E-state index is 12.4. The number of amides is 1. The van der Waals surface area contributed by atoms with E-state index in [1.165, 1.54) is 5.56 Å². The van der Waals surface area contributed by atoms with Crippen molar-refractivity contribution in [1.29, 1.82) is 0 Å². The van der Waals surface area contributed by atoms with Crippen molar-refractivity contribution in [3.8, 4) is 11.3 Å². The summed E-state index contributed by atoms with van der Waals surface area (Å²) in [6, 6.07) is 16.6. The molecule has 5 heteroatoms. The molecule has 2 heterocycles. The van der Waals surface area contributed by atoms with E-state index in [2.05, 4.69) is 10.6 Å². The normalized spacial score (nSPS) is 12.5. The molecular weight excluding hydrogens is 324 g/mol. The average molecular weight is 339 g/mol. The zero-order valence-corrected chi connectivity index (χ0v) is 13.6. The van der Waals surface area contributed by atoms with E-state index in [1.807, 2.05) is 30.3 Å². The number of fused-ring (bicyclic) bond motifs is 1. The second-order valence-electron chi connectivity index (χ2n) is 5.67. The molecule has 120 valence electrons. The Kier molecular flexibility index (Phi) is 3.75. The fourth-order valence-corrected chi connectivity index (χ4v) is 2.92. The first kappa shape index (κ1) is 14.8. The number of hydrogen-bond donors (Lipinski definition) is 2. The minimum Gasteiger partial charge on any atom is -0.451 e. The highest BCUT2D eigenvalue weighted by Gasteiger charge is 2.15. The van der Waals surface area contributed by atoms with E-state index in [-0.39, 0.29) is 11.7 Å². The van der Waals surface area contributed by atoms with Gasteiger partial charge in [-0.05, 0) is 60.5 Å². The predicted molar refractivity (Wildman–Crippen MR) is 95.7 cm³/mol. The Balaban J connectivity index is 1.52. The van der Waals surface area contributed by atoms with Gasteiger partial charge in [-0.2, -0.15) is 0 Å². The fraction of sp³-hybridized carbons (Fsp3) is 0.105. The van der Waals surface area contributed by atoms with Crippen LogP contribution in [-0.4, -0.2) is 12.5 Å². The SMILES string of the molecule is O=C(Nc1ccc2c(c1)NCC2)c1ccc(-c2ccc(Cl)cc2)o1. The standard InChI is InChI=1S/C19H15ClN2O2/c20-14-4-1-13(2-5-14)17-7-8-18(24-17)19(23)22-15-6-3-12-9-10-21-16(12)11-15/h1-8,11,21H,9-10H2,(H,22,23). The molecule has 0 atom stereocenters. The Bertz CT molecular complexity index is 900. The van der Waals surface area contributed by atoms with Crippen LogP contribution in [0.4, 0.5) is 11.4 Å². The molecule has 2 aromatic carbocycles. The van der Waals surface area contributed by atoms with Gasteiger partial charge in [-0.1, -0.05) is 17.7 Å². The van der Waals surface area contributed by atoms with Gasteiger partial charge in [-0.15, -0.1) is 0 Å². The van der Waals surface area contributed by atoms with Crippen molar-refractivity contribution in [1.82, 2.24) is 0 Å². The molecule has 1 aliphatic rings. The number of anilines is 2. The van der Waals surface area contributed by atoms with Crippen LogP contribution in [0.5, 0.6) is 0 Å². The highest BCUT2D eigenvalue weighted by atomic mass is 35.5. The van der Waals surface area contributed by atoms with Gasteiger partial charge in [0.15, 0.2) is 5.76 Å². The molecule has 1 amide bonds. The van der Waals surface area contributed by atoms with Gasteiger partial charge in [-0.3, -0.25) is 4.79 Å². The Morgan fingerprint density at radius 3 is 2.75 bits per heavy atom. The van der Waals surface area contributed by atoms with Crippen LogP contribution in [0.25, 0.3) is 11.3 Å². The first-order valence-electron chi connectivity index (χ1n) is 7.73. The number of nitrogens with one attached hydrogen (secondary N) is 2. The van der Waals surface area contributed by atoms with Crippen LogP contribution in [0.1, 0.15) is 16.1 Å². The number of rotatable bonds is 3. The van der Waals surface area contributed by atoms with Gasteiger partial charge in [0.05, 0.1) is 0 Å². The molecule has 0 fully saturated rings. The molecule has 0 unspecified atom stereocenters. The van der Waals surface area contributed by atoms with E-state index < -0.39 is 0 Å². The molecule has 2 N–H and O–H groups in total. The third kappa shape index (κ3) is 2.88. The molecule has 0 saturated carbocycles. The average Bonchev–Trinajstić information content (AvgIpc) is 3.24. The summed E-state index contributed by atoms with van der Waals surface area (Å²) in [5.41, 5.74) is 3.97. The summed E-state index contributed by atoms with van der Waals surface area (Å²) in [5, 5.41) is 6.83. The van der Waals surface area contributed by atoms with Crippen LogP contribution >= 0.6 is 11.6 Å². The van der Waals surface area contributed by atoms with Crippen molar-refractivity contribution < 1.29 is 9.21 Å². The molecule has 4 rings (SSSR count). The van der Waals surface area contributed by atoms with Gasteiger partial charge in [0.1, 0.15) is 5.76 Å².